The summed E-state index contributed by atoms with van der Waals surface area (Å²) in [6, 6.07) is 0. The quantitative estimate of drug-likeness (QED) is 0.0658. The second-order valence-electron chi connectivity index (χ2n) is 11.0. The van der Waals surface area contributed by atoms with Crippen molar-refractivity contribution in [3.8, 4) is 0 Å². The summed E-state index contributed by atoms with van der Waals surface area (Å²) >= 11 is 23.4. The van der Waals surface area contributed by atoms with Crippen LogP contribution in [-0.4, -0.2) is 184 Å². The van der Waals surface area contributed by atoms with Crippen LogP contribution < -0.4 is 0 Å². The van der Waals surface area contributed by atoms with Crippen molar-refractivity contribution in [2.24, 2.45) is 0 Å². The number of hydrogen-bond acceptors (Lipinski definition) is 17. The van der Waals surface area contributed by atoms with E-state index in [1.54, 1.807) is 0 Å². The van der Waals surface area contributed by atoms with Crippen molar-refractivity contribution in [1.29, 1.82) is 0 Å². The van der Waals surface area contributed by atoms with E-state index in [1.807, 2.05) is 11.8 Å². The molecule has 0 bridgehead atoms. The van der Waals surface area contributed by atoms with E-state index in [0.717, 1.165) is 42.5 Å². The van der Waals surface area contributed by atoms with E-state index >= 15 is 0 Å². The molecule has 0 aliphatic carbocycles. The molecular weight excluding hydrogens is 1120 g/mol. The van der Waals surface area contributed by atoms with Crippen LogP contribution in [-0.2, 0) is 0 Å². The Morgan fingerprint density at radius 1 is 0.383 bits per heavy atom. The zero-order chi connectivity index (χ0) is 31.7. The average molecular weight is 1180 g/mol. The monoisotopic (exact) mass is 1170 g/mol. The molecule has 7 heterocycles. The molecule has 7 fully saturated rings. The van der Waals surface area contributed by atoms with Gasteiger partial charge < -0.3 is 0 Å². The molecule has 0 radical (unpaired) electrons. The Hall–Kier alpha value is 7.59. The maximum atomic E-state index is 4.13. The molecule has 47 heavy (non-hydrogen) atoms. The maximum Gasteiger partial charge on any atom is 0.0229 e. The van der Waals surface area contributed by atoms with Crippen LogP contribution in [0.4, 0.5) is 0 Å². The molecule has 0 aromatic rings. The fraction of sp³-hybridized carbons (Fsp3) is 1.00. The van der Waals surface area contributed by atoms with E-state index in [-0.39, 0.29) is 7.43 Å². The van der Waals surface area contributed by atoms with Crippen LogP contribution >= 0.6 is 183 Å². The summed E-state index contributed by atoms with van der Waals surface area (Å²) < 4.78 is 0. The minimum atomic E-state index is -1.13. The van der Waals surface area contributed by atoms with Gasteiger partial charge in [0.15, 0.2) is 0 Å². The van der Waals surface area contributed by atoms with Crippen LogP contribution in [0.5, 0.6) is 0 Å². The van der Waals surface area contributed by atoms with Gasteiger partial charge in [0.25, 0.3) is 0 Å². The van der Waals surface area contributed by atoms with Crippen molar-refractivity contribution in [2.45, 2.75) is 44.2 Å². The first-order valence-electron chi connectivity index (χ1n) is 15.8. The minimum absolute atomic E-state index is 0. The molecular formula is C28H52S17Sb2. The third-order valence-electron chi connectivity index (χ3n) is 6.90. The molecule has 7 aliphatic heterocycles. The molecule has 7 saturated heterocycles. The largest absolute Gasteiger partial charge is 0.179 e. The Bertz CT molecular complexity index is 720. The molecule has 7 aliphatic rings. The van der Waals surface area contributed by atoms with Gasteiger partial charge in [-0.1, -0.05) is 7.43 Å². The zero-order valence-electron chi connectivity index (χ0n) is 26.1. The second-order valence-corrected chi connectivity index (χ2v) is 66.2. The summed E-state index contributed by atoms with van der Waals surface area (Å²) in [4.78, 5) is 0. The van der Waals surface area contributed by atoms with E-state index in [9.17, 15) is 0 Å². The Labute approximate surface area is 368 Å². The molecule has 0 amide bonds. The Kier molecular flexibility index (Phi) is 29.9. The average Bonchev–Trinajstić information content (AvgIpc) is 2.88. The first-order valence-corrected chi connectivity index (χ1v) is 51.6. The first kappa shape index (κ1) is 47.3. The Balaban J connectivity index is 0.000000175. The van der Waals surface area contributed by atoms with E-state index < -0.39 is 32.0 Å². The van der Waals surface area contributed by atoms with Gasteiger partial charge in [-0.3, -0.25) is 0 Å². The van der Waals surface area contributed by atoms with Crippen LogP contribution in [0.15, 0.2) is 0 Å². The standard InChI is InChI=1S/3C5H10S3.4C3H6S2.CH4.2Sb/c3*6-1-2-8-5-3-7-4-5;4*4-3-1-5-2-3;;;/h3*5-6H,1-4H2;4*3-4H,1-2H2;1H4;;/q;;;;;;;;2*+3/p-6. The zero-order valence-corrected chi connectivity index (χ0v) is 45.1. The van der Waals surface area contributed by atoms with E-state index in [2.05, 4.69) is 172 Å². The molecule has 276 valence electrons. The Morgan fingerprint density at radius 2 is 0.660 bits per heavy atom. The summed E-state index contributed by atoms with van der Waals surface area (Å²) in [6.45, 7) is 0. The summed E-state index contributed by atoms with van der Waals surface area (Å²) in [6.07, 6.45) is 0. The molecule has 0 spiro atoms. The topological polar surface area (TPSA) is 0 Å². The van der Waals surface area contributed by atoms with Crippen LogP contribution in [0.1, 0.15) is 7.43 Å². The van der Waals surface area contributed by atoms with Crippen LogP contribution in [0.25, 0.3) is 0 Å². The van der Waals surface area contributed by atoms with Crippen LogP contribution in [0, 0.1) is 0 Å². The number of rotatable bonds is 21. The van der Waals surface area contributed by atoms with Gasteiger partial charge in [-0.2, -0.15) is 36.2 Å². The van der Waals surface area contributed by atoms with Crippen molar-refractivity contribution >= 4 is 215 Å². The van der Waals surface area contributed by atoms with E-state index in [0.29, 0.717) is 0 Å². The van der Waals surface area contributed by atoms with Gasteiger partial charge in [0, 0.05) is 22.5 Å². The summed E-state index contributed by atoms with van der Waals surface area (Å²) in [7, 11) is 14.6. The molecule has 0 unspecified atom stereocenters. The summed E-state index contributed by atoms with van der Waals surface area (Å²) in [5, 5.41) is 7.13. The van der Waals surface area contributed by atoms with Gasteiger partial charge in [0.1, 0.15) is 0 Å². The van der Waals surface area contributed by atoms with Crippen molar-refractivity contribution in [1.82, 2.24) is 0 Å². The van der Waals surface area contributed by atoms with Crippen LogP contribution in [0.2, 0.25) is 0 Å². The van der Waals surface area contributed by atoms with Crippen molar-refractivity contribution in [3.63, 3.8) is 0 Å². The molecule has 7 rings (SSSR count). The Morgan fingerprint density at radius 3 is 0.915 bits per heavy atom. The smallest absolute Gasteiger partial charge is 0.0229 e. The molecule has 0 nitrogen and oxygen atoms in total. The molecule has 19 heteroatoms. The van der Waals surface area contributed by atoms with Gasteiger partial charge >= 0.3 is 303 Å². The van der Waals surface area contributed by atoms with E-state index in [4.69, 9.17) is 0 Å². The molecule has 0 N–H and O–H groups in total. The molecule has 0 aromatic heterocycles. The maximum absolute atomic E-state index is 4.13. The molecule has 0 atom stereocenters. The van der Waals surface area contributed by atoms with Gasteiger partial charge in [-0.15, -0.1) is 0 Å². The fourth-order valence-electron chi connectivity index (χ4n) is 3.56. The van der Waals surface area contributed by atoms with Gasteiger partial charge in [-0.05, 0) is 5.75 Å². The second kappa shape index (κ2) is 29.7. The van der Waals surface area contributed by atoms with E-state index in [1.165, 1.54) is 109 Å². The van der Waals surface area contributed by atoms with Crippen molar-refractivity contribution < 1.29 is 0 Å². The minimum Gasteiger partial charge on any atom is -0.179 e. The predicted octanol–water partition coefficient (Wildman–Crippen LogP) is 10.9. The SMILES string of the molecule is C.C(C[S][Sb]([S]CCSC1CSC1)[S]C1CSC1)SC1CSC1.C1SCC1[S][Sb]([S]C1CSC1)[S]C1CSC1.SCCSC1CSC1. The van der Waals surface area contributed by atoms with Gasteiger partial charge in [0.2, 0.25) is 0 Å². The molecule has 0 saturated carbocycles. The number of thiol groups is 1. The predicted molar refractivity (Wildman–Crippen MR) is 273 cm³/mol. The normalized spacial score (nSPS) is 23.8. The third kappa shape index (κ3) is 20.4. The summed E-state index contributed by atoms with van der Waals surface area (Å²) in [5.41, 5.74) is 0. The van der Waals surface area contributed by atoms with Crippen LogP contribution in [0.3, 0.4) is 0 Å². The third-order valence-corrected chi connectivity index (χ3v) is 73.2. The first-order chi connectivity index (χ1) is 22.7. The number of hydrogen-bond donors (Lipinski definition) is 1. The fourth-order valence-corrected chi connectivity index (χ4v) is 82.0. The summed E-state index contributed by atoms with van der Waals surface area (Å²) in [5.74, 6) is 27.9. The number of thioether (sulfide) groups is 10. The van der Waals surface area contributed by atoms with Gasteiger partial charge in [0.05, 0.1) is 0 Å². The van der Waals surface area contributed by atoms with Crippen molar-refractivity contribution in [2.75, 3.05) is 115 Å². The van der Waals surface area contributed by atoms with Crippen molar-refractivity contribution in [3.05, 3.63) is 0 Å². The van der Waals surface area contributed by atoms with Gasteiger partial charge in [-0.25, -0.2) is 0 Å². The molecule has 0 aromatic carbocycles.